The third-order valence-corrected chi connectivity index (χ3v) is 4.93. The summed E-state index contributed by atoms with van der Waals surface area (Å²) < 4.78 is 2.09. The van der Waals surface area contributed by atoms with Crippen LogP contribution in [0.25, 0.3) is 11.8 Å². The van der Waals surface area contributed by atoms with E-state index in [0.29, 0.717) is 10.7 Å². The number of amides is 1. The van der Waals surface area contributed by atoms with Gasteiger partial charge in [-0.15, -0.1) is 0 Å². The third-order valence-electron chi connectivity index (χ3n) is 4.61. The second-order valence-corrected chi connectivity index (χ2v) is 6.96. The molecule has 140 valence electrons. The molecule has 1 aromatic heterocycles. The second kappa shape index (κ2) is 8.16. The standard InChI is InChI=1S/C23H20ClN3O/c1-15-8-7-11-21(24)22(15)26-23(28)19(14-25)13-18-12-16(2)27(17(18)3)20-9-5-4-6-10-20/h4-13H,1-3H3,(H,26,28)/b19-13+. The van der Waals surface area contributed by atoms with Crippen LogP contribution in [0.2, 0.25) is 5.02 Å². The number of nitrogens with one attached hydrogen (secondary N) is 1. The molecule has 0 atom stereocenters. The van der Waals surface area contributed by atoms with E-state index in [1.54, 1.807) is 12.1 Å². The van der Waals surface area contributed by atoms with Gasteiger partial charge in [0.25, 0.3) is 5.91 Å². The van der Waals surface area contributed by atoms with Crippen LogP contribution in [-0.4, -0.2) is 10.5 Å². The largest absolute Gasteiger partial charge is 0.320 e. The van der Waals surface area contributed by atoms with Gasteiger partial charge in [0.1, 0.15) is 11.6 Å². The Morgan fingerprint density at radius 3 is 2.46 bits per heavy atom. The van der Waals surface area contributed by atoms with E-state index in [2.05, 4.69) is 9.88 Å². The molecular formula is C23H20ClN3O. The van der Waals surface area contributed by atoms with E-state index >= 15 is 0 Å². The SMILES string of the molecule is Cc1cccc(Cl)c1NC(=O)/C(C#N)=C/c1cc(C)n(-c2ccccc2)c1C. The molecule has 3 rings (SSSR count). The highest BCUT2D eigenvalue weighted by Gasteiger charge is 2.15. The van der Waals surface area contributed by atoms with Gasteiger partial charge in [0.15, 0.2) is 0 Å². The number of carbonyl (C=O) groups excluding carboxylic acids is 1. The molecule has 28 heavy (non-hydrogen) atoms. The number of benzene rings is 2. The minimum Gasteiger partial charge on any atom is -0.320 e. The van der Waals surface area contributed by atoms with Crippen molar-refractivity contribution in [3.05, 3.63) is 87.7 Å². The molecule has 0 unspecified atom stereocenters. The fraction of sp³-hybridized carbons (Fsp3) is 0.130. The number of carbonyl (C=O) groups is 1. The number of nitriles is 1. The van der Waals surface area contributed by atoms with Crippen molar-refractivity contribution in [2.24, 2.45) is 0 Å². The van der Waals surface area contributed by atoms with Gasteiger partial charge < -0.3 is 9.88 Å². The molecule has 3 aromatic rings. The van der Waals surface area contributed by atoms with Gasteiger partial charge in [-0.1, -0.05) is 41.9 Å². The van der Waals surface area contributed by atoms with Gasteiger partial charge in [0.2, 0.25) is 0 Å². The number of halogens is 1. The maximum absolute atomic E-state index is 12.7. The second-order valence-electron chi connectivity index (χ2n) is 6.55. The van der Waals surface area contributed by atoms with Crippen LogP contribution < -0.4 is 5.32 Å². The fourth-order valence-corrected chi connectivity index (χ4v) is 3.45. The minimum absolute atomic E-state index is 0.0210. The Bertz CT molecular complexity index is 1080. The van der Waals surface area contributed by atoms with E-state index in [4.69, 9.17) is 11.6 Å². The van der Waals surface area contributed by atoms with E-state index in [1.165, 1.54) is 0 Å². The Labute approximate surface area is 169 Å². The van der Waals surface area contributed by atoms with Gasteiger partial charge in [-0.2, -0.15) is 5.26 Å². The summed E-state index contributed by atoms with van der Waals surface area (Å²) in [4.78, 5) is 12.7. The van der Waals surface area contributed by atoms with Crippen LogP contribution in [0.1, 0.15) is 22.5 Å². The summed E-state index contributed by atoms with van der Waals surface area (Å²) >= 11 is 6.18. The van der Waals surface area contributed by atoms with Crippen molar-refractivity contribution < 1.29 is 4.79 Å². The number of hydrogen-bond acceptors (Lipinski definition) is 2. The van der Waals surface area contributed by atoms with E-state index < -0.39 is 5.91 Å². The molecule has 1 heterocycles. The topological polar surface area (TPSA) is 57.8 Å². The van der Waals surface area contributed by atoms with Crippen molar-refractivity contribution in [3.8, 4) is 11.8 Å². The summed E-state index contributed by atoms with van der Waals surface area (Å²) in [6.07, 6.45) is 1.61. The number of aromatic nitrogens is 1. The number of aryl methyl sites for hydroxylation is 2. The summed E-state index contributed by atoms with van der Waals surface area (Å²) in [6.45, 7) is 5.82. The Morgan fingerprint density at radius 2 is 1.82 bits per heavy atom. The van der Waals surface area contributed by atoms with Crippen LogP contribution in [-0.2, 0) is 4.79 Å². The summed E-state index contributed by atoms with van der Waals surface area (Å²) in [7, 11) is 0. The van der Waals surface area contributed by atoms with Gasteiger partial charge >= 0.3 is 0 Å². The molecule has 1 amide bonds. The molecule has 0 fully saturated rings. The normalized spacial score (nSPS) is 11.2. The molecule has 0 aliphatic carbocycles. The van der Waals surface area contributed by atoms with Crippen molar-refractivity contribution >= 4 is 29.3 Å². The number of nitrogens with zero attached hydrogens (tertiary/aromatic N) is 2. The van der Waals surface area contributed by atoms with E-state index in [0.717, 1.165) is 28.2 Å². The van der Waals surface area contributed by atoms with Crippen LogP contribution >= 0.6 is 11.6 Å². The summed E-state index contributed by atoms with van der Waals surface area (Å²) in [5.74, 6) is -0.483. The highest BCUT2D eigenvalue weighted by Crippen LogP contribution is 2.27. The first-order valence-corrected chi connectivity index (χ1v) is 9.22. The zero-order valence-corrected chi connectivity index (χ0v) is 16.7. The lowest BCUT2D eigenvalue weighted by Gasteiger charge is -2.10. The molecule has 1 N–H and O–H groups in total. The molecule has 0 spiro atoms. The number of rotatable bonds is 4. The maximum Gasteiger partial charge on any atom is 0.266 e. The van der Waals surface area contributed by atoms with Crippen LogP contribution in [0.15, 0.2) is 60.2 Å². The van der Waals surface area contributed by atoms with Crippen molar-refractivity contribution in [1.29, 1.82) is 5.26 Å². The van der Waals surface area contributed by atoms with Crippen molar-refractivity contribution in [3.63, 3.8) is 0 Å². The number of para-hydroxylation sites is 2. The minimum atomic E-state index is -0.483. The molecule has 0 saturated heterocycles. The first kappa shape index (κ1) is 19.5. The van der Waals surface area contributed by atoms with Crippen molar-refractivity contribution in [2.75, 3.05) is 5.32 Å². The number of anilines is 1. The Hall–Kier alpha value is -3.29. The van der Waals surface area contributed by atoms with Crippen LogP contribution in [0.3, 0.4) is 0 Å². The zero-order valence-electron chi connectivity index (χ0n) is 16.0. The number of hydrogen-bond donors (Lipinski definition) is 1. The highest BCUT2D eigenvalue weighted by atomic mass is 35.5. The molecule has 0 aliphatic heterocycles. The van der Waals surface area contributed by atoms with E-state index in [9.17, 15) is 10.1 Å². The van der Waals surface area contributed by atoms with Crippen LogP contribution in [0.5, 0.6) is 0 Å². The average Bonchev–Trinajstić information content (AvgIpc) is 2.96. The molecule has 0 saturated carbocycles. The van der Waals surface area contributed by atoms with Gasteiger partial charge in [-0.3, -0.25) is 4.79 Å². The van der Waals surface area contributed by atoms with E-state index in [-0.39, 0.29) is 5.57 Å². The first-order chi connectivity index (χ1) is 13.4. The van der Waals surface area contributed by atoms with Crippen molar-refractivity contribution in [2.45, 2.75) is 20.8 Å². The quantitative estimate of drug-likeness (QED) is 0.466. The van der Waals surface area contributed by atoms with Gasteiger partial charge in [-0.25, -0.2) is 0 Å². The lowest BCUT2D eigenvalue weighted by atomic mass is 10.1. The van der Waals surface area contributed by atoms with E-state index in [1.807, 2.05) is 75.4 Å². The predicted molar refractivity (Wildman–Crippen MR) is 114 cm³/mol. The predicted octanol–water partition coefficient (Wildman–Crippen LogP) is 5.60. The average molecular weight is 390 g/mol. The van der Waals surface area contributed by atoms with Crippen molar-refractivity contribution in [1.82, 2.24) is 4.57 Å². The maximum atomic E-state index is 12.7. The Balaban J connectivity index is 1.96. The zero-order chi connectivity index (χ0) is 20.3. The molecule has 4 nitrogen and oxygen atoms in total. The van der Waals surface area contributed by atoms with Crippen LogP contribution in [0, 0.1) is 32.1 Å². The molecular weight excluding hydrogens is 370 g/mol. The molecule has 2 aromatic carbocycles. The third kappa shape index (κ3) is 3.85. The highest BCUT2D eigenvalue weighted by molar-refractivity contribution is 6.34. The summed E-state index contributed by atoms with van der Waals surface area (Å²) in [6, 6.07) is 19.3. The fourth-order valence-electron chi connectivity index (χ4n) is 3.18. The van der Waals surface area contributed by atoms with Gasteiger partial charge in [-0.05, 0) is 62.2 Å². The molecule has 5 heteroatoms. The Morgan fingerprint density at radius 1 is 1.11 bits per heavy atom. The lowest BCUT2D eigenvalue weighted by Crippen LogP contribution is -2.14. The molecule has 0 bridgehead atoms. The monoisotopic (exact) mass is 389 g/mol. The van der Waals surface area contributed by atoms with Crippen LogP contribution in [0.4, 0.5) is 5.69 Å². The van der Waals surface area contributed by atoms with Gasteiger partial charge in [0, 0.05) is 17.1 Å². The van der Waals surface area contributed by atoms with Gasteiger partial charge in [0.05, 0.1) is 10.7 Å². The molecule has 0 aliphatic rings. The molecule has 0 radical (unpaired) electrons. The smallest absolute Gasteiger partial charge is 0.266 e. The Kier molecular flexibility index (Phi) is 5.67. The summed E-state index contributed by atoms with van der Waals surface area (Å²) in [5.41, 5.74) is 5.21. The summed E-state index contributed by atoms with van der Waals surface area (Å²) in [5, 5.41) is 12.7. The lowest BCUT2D eigenvalue weighted by molar-refractivity contribution is -0.112. The first-order valence-electron chi connectivity index (χ1n) is 8.85.